The molecule has 0 heterocycles. The first-order chi connectivity index (χ1) is 9.12. The van der Waals surface area contributed by atoms with Crippen molar-refractivity contribution >= 4 is 11.7 Å². The fourth-order valence-corrected chi connectivity index (χ4v) is 1.82. The Hall–Kier alpha value is -1.75. The summed E-state index contributed by atoms with van der Waals surface area (Å²) in [4.78, 5) is 13.5. The van der Waals surface area contributed by atoms with Crippen LogP contribution in [0.1, 0.15) is 6.42 Å². The average Bonchev–Trinajstić information content (AvgIpc) is 2.47. The number of ether oxygens (including phenoxy) is 2. The van der Waals surface area contributed by atoms with E-state index in [1.54, 1.807) is 14.2 Å². The third kappa shape index (κ3) is 4.44. The number of hydrogen-bond acceptors (Lipinski definition) is 5. The second-order valence-corrected chi connectivity index (χ2v) is 4.28. The largest absolute Gasteiger partial charge is 0.497 e. The van der Waals surface area contributed by atoms with E-state index in [0.717, 1.165) is 18.0 Å². The summed E-state index contributed by atoms with van der Waals surface area (Å²) in [5.41, 5.74) is 1.05. The highest BCUT2D eigenvalue weighted by Crippen LogP contribution is 2.20. The molecule has 0 amide bonds. The lowest BCUT2D eigenvalue weighted by Gasteiger charge is -2.22. The van der Waals surface area contributed by atoms with E-state index in [9.17, 15) is 4.79 Å². The van der Waals surface area contributed by atoms with E-state index >= 15 is 0 Å². The van der Waals surface area contributed by atoms with Crippen molar-refractivity contribution in [1.82, 2.24) is 5.32 Å². The van der Waals surface area contributed by atoms with Crippen LogP contribution < -0.4 is 15.0 Å². The Labute approximate surface area is 114 Å². The summed E-state index contributed by atoms with van der Waals surface area (Å²) in [6, 6.07) is 7.54. The average molecular weight is 266 g/mol. The summed E-state index contributed by atoms with van der Waals surface area (Å²) >= 11 is 0. The maximum absolute atomic E-state index is 11.5. The molecule has 0 bridgehead atoms. The van der Waals surface area contributed by atoms with Gasteiger partial charge in [0.25, 0.3) is 0 Å². The van der Waals surface area contributed by atoms with Crippen LogP contribution in [0.2, 0.25) is 0 Å². The molecule has 0 saturated heterocycles. The molecule has 0 aliphatic rings. The van der Waals surface area contributed by atoms with Gasteiger partial charge in [0, 0.05) is 25.3 Å². The molecule has 5 heteroatoms. The normalized spacial score (nSPS) is 11.8. The second-order valence-electron chi connectivity index (χ2n) is 4.28. The highest BCUT2D eigenvalue weighted by molar-refractivity contribution is 5.75. The van der Waals surface area contributed by atoms with Crippen molar-refractivity contribution < 1.29 is 14.3 Å². The maximum Gasteiger partial charge on any atom is 0.322 e. The molecule has 0 aromatic heterocycles. The molecule has 0 saturated carbocycles. The SMILES string of the molecule is CNC(CCN(C)c1cccc(OC)c1)C(=O)OC. The second kappa shape index (κ2) is 7.63. The number of benzene rings is 1. The third-order valence-corrected chi connectivity index (χ3v) is 3.08. The molecule has 1 aromatic carbocycles. The molecule has 1 aromatic rings. The first-order valence-electron chi connectivity index (χ1n) is 6.22. The van der Waals surface area contributed by atoms with Crippen LogP contribution in [0, 0.1) is 0 Å². The molecule has 0 fully saturated rings. The Kier molecular flexibility index (Phi) is 6.15. The van der Waals surface area contributed by atoms with Crippen LogP contribution in [0.5, 0.6) is 5.75 Å². The molecule has 1 rings (SSSR count). The van der Waals surface area contributed by atoms with Gasteiger partial charge in [-0.15, -0.1) is 0 Å². The van der Waals surface area contributed by atoms with E-state index in [4.69, 9.17) is 9.47 Å². The predicted octanol–water partition coefficient (Wildman–Crippen LogP) is 1.28. The minimum Gasteiger partial charge on any atom is -0.497 e. The number of nitrogens with zero attached hydrogens (tertiary/aromatic N) is 1. The molecule has 106 valence electrons. The number of rotatable bonds is 7. The van der Waals surface area contributed by atoms with Crippen molar-refractivity contribution in [3.8, 4) is 5.75 Å². The monoisotopic (exact) mass is 266 g/mol. The van der Waals surface area contributed by atoms with Crippen molar-refractivity contribution in [3.63, 3.8) is 0 Å². The summed E-state index contributed by atoms with van der Waals surface area (Å²) in [5, 5.41) is 2.96. The van der Waals surface area contributed by atoms with Gasteiger partial charge in [0.1, 0.15) is 11.8 Å². The minimum atomic E-state index is -0.280. The van der Waals surface area contributed by atoms with Gasteiger partial charge in [-0.1, -0.05) is 6.07 Å². The van der Waals surface area contributed by atoms with Crippen LogP contribution in [0.25, 0.3) is 0 Å². The number of carbonyl (C=O) groups excluding carboxylic acids is 1. The molecule has 0 aliphatic heterocycles. The van der Waals surface area contributed by atoms with Crippen molar-refractivity contribution in [2.24, 2.45) is 0 Å². The summed E-state index contributed by atoms with van der Waals surface area (Å²) in [5.74, 6) is 0.587. The molecule has 1 atom stereocenters. The van der Waals surface area contributed by atoms with Crippen LogP contribution in [-0.2, 0) is 9.53 Å². The molecule has 0 spiro atoms. The summed E-state index contributed by atoms with van der Waals surface area (Å²) in [7, 11) is 6.79. The molecule has 5 nitrogen and oxygen atoms in total. The van der Waals surface area contributed by atoms with Gasteiger partial charge in [0.05, 0.1) is 14.2 Å². The van der Waals surface area contributed by atoms with Crippen LogP contribution in [-0.4, -0.2) is 46.9 Å². The van der Waals surface area contributed by atoms with E-state index in [1.165, 1.54) is 7.11 Å². The lowest BCUT2D eigenvalue weighted by Crippen LogP contribution is -2.38. The zero-order chi connectivity index (χ0) is 14.3. The Morgan fingerprint density at radius 1 is 1.42 bits per heavy atom. The number of nitrogens with one attached hydrogen (secondary N) is 1. The Balaban J connectivity index is 2.58. The van der Waals surface area contributed by atoms with Crippen LogP contribution in [0.3, 0.4) is 0 Å². The van der Waals surface area contributed by atoms with Crippen molar-refractivity contribution in [2.75, 3.05) is 39.8 Å². The Bertz CT molecular complexity index is 409. The lowest BCUT2D eigenvalue weighted by atomic mass is 10.2. The van der Waals surface area contributed by atoms with E-state index in [2.05, 4.69) is 10.2 Å². The number of carbonyl (C=O) groups is 1. The molecule has 19 heavy (non-hydrogen) atoms. The summed E-state index contributed by atoms with van der Waals surface area (Å²) in [6.45, 7) is 0.744. The van der Waals surface area contributed by atoms with Gasteiger partial charge < -0.3 is 19.7 Å². The van der Waals surface area contributed by atoms with E-state index in [-0.39, 0.29) is 12.0 Å². The van der Waals surface area contributed by atoms with Gasteiger partial charge in [-0.25, -0.2) is 0 Å². The fourth-order valence-electron chi connectivity index (χ4n) is 1.82. The highest BCUT2D eigenvalue weighted by Gasteiger charge is 2.17. The predicted molar refractivity (Wildman–Crippen MR) is 75.7 cm³/mol. The van der Waals surface area contributed by atoms with Crippen molar-refractivity contribution in [3.05, 3.63) is 24.3 Å². The standard InChI is InChI=1S/C14H22N2O3/c1-15-13(14(17)19-4)8-9-16(2)11-6-5-7-12(10-11)18-3/h5-7,10,13,15H,8-9H2,1-4H3. The third-order valence-electron chi connectivity index (χ3n) is 3.08. The maximum atomic E-state index is 11.5. The van der Waals surface area contributed by atoms with Crippen molar-refractivity contribution in [1.29, 1.82) is 0 Å². The fraction of sp³-hybridized carbons (Fsp3) is 0.500. The van der Waals surface area contributed by atoms with Gasteiger partial charge in [-0.2, -0.15) is 0 Å². The van der Waals surface area contributed by atoms with Gasteiger partial charge in [0.2, 0.25) is 0 Å². The Morgan fingerprint density at radius 2 is 2.16 bits per heavy atom. The van der Waals surface area contributed by atoms with Gasteiger partial charge >= 0.3 is 5.97 Å². The van der Waals surface area contributed by atoms with E-state index in [1.807, 2.05) is 31.3 Å². The zero-order valence-corrected chi connectivity index (χ0v) is 12.0. The van der Waals surface area contributed by atoms with Crippen molar-refractivity contribution in [2.45, 2.75) is 12.5 Å². The van der Waals surface area contributed by atoms with Gasteiger partial charge in [-0.05, 0) is 25.6 Å². The zero-order valence-electron chi connectivity index (χ0n) is 12.0. The molecular formula is C14H22N2O3. The highest BCUT2D eigenvalue weighted by atomic mass is 16.5. The number of methoxy groups -OCH3 is 2. The molecular weight excluding hydrogens is 244 g/mol. The van der Waals surface area contributed by atoms with E-state index < -0.39 is 0 Å². The van der Waals surface area contributed by atoms with Crippen LogP contribution in [0.4, 0.5) is 5.69 Å². The minimum absolute atomic E-state index is 0.235. The van der Waals surface area contributed by atoms with E-state index in [0.29, 0.717) is 6.42 Å². The van der Waals surface area contributed by atoms with Gasteiger partial charge in [0.15, 0.2) is 0 Å². The molecule has 1 unspecified atom stereocenters. The number of likely N-dealkylation sites (N-methyl/N-ethyl adjacent to an activating group) is 1. The lowest BCUT2D eigenvalue weighted by molar-refractivity contribution is -0.143. The molecule has 0 aliphatic carbocycles. The smallest absolute Gasteiger partial charge is 0.322 e. The Morgan fingerprint density at radius 3 is 2.74 bits per heavy atom. The first kappa shape index (κ1) is 15.3. The number of hydrogen-bond donors (Lipinski definition) is 1. The molecule has 1 N–H and O–H groups in total. The first-order valence-corrected chi connectivity index (χ1v) is 6.22. The van der Waals surface area contributed by atoms with Gasteiger partial charge in [-0.3, -0.25) is 4.79 Å². The van der Waals surface area contributed by atoms with Crippen LogP contribution in [0.15, 0.2) is 24.3 Å². The topological polar surface area (TPSA) is 50.8 Å². The molecule has 0 radical (unpaired) electrons. The van der Waals surface area contributed by atoms with Crippen LogP contribution >= 0.6 is 0 Å². The number of esters is 1. The summed E-state index contributed by atoms with van der Waals surface area (Å²) in [6.07, 6.45) is 0.677. The number of anilines is 1. The quantitative estimate of drug-likeness (QED) is 0.754. The summed E-state index contributed by atoms with van der Waals surface area (Å²) < 4.78 is 9.93.